The van der Waals surface area contributed by atoms with Crippen LogP contribution in [0, 0.1) is 5.82 Å². The van der Waals surface area contributed by atoms with Gasteiger partial charge in [-0.15, -0.1) is 0 Å². The molecule has 7 heteroatoms. The molecule has 100 valence electrons. The number of nitrogens with zero attached hydrogens (tertiary/aromatic N) is 1. The van der Waals surface area contributed by atoms with E-state index in [-0.39, 0.29) is 15.4 Å². The van der Waals surface area contributed by atoms with Crippen molar-refractivity contribution >= 4 is 26.0 Å². The molecule has 1 heterocycles. The van der Waals surface area contributed by atoms with Gasteiger partial charge in [0.25, 0.3) is 0 Å². The summed E-state index contributed by atoms with van der Waals surface area (Å²) in [4.78, 5) is 0.102. The van der Waals surface area contributed by atoms with Crippen LogP contribution in [0.5, 0.6) is 0 Å². The third-order valence-electron chi connectivity index (χ3n) is 3.12. The van der Waals surface area contributed by atoms with Gasteiger partial charge in [-0.3, -0.25) is 0 Å². The summed E-state index contributed by atoms with van der Waals surface area (Å²) >= 11 is 3.00. The van der Waals surface area contributed by atoms with Gasteiger partial charge in [0.05, 0.1) is 9.37 Å². The van der Waals surface area contributed by atoms with Crippen LogP contribution in [0.1, 0.15) is 6.42 Å². The maximum Gasteiger partial charge on any atom is 0.243 e. The number of sulfonamides is 1. The second kappa shape index (κ2) is 5.24. The molecule has 0 aliphatic carbocycles. The summed E-state index contributed by atoms with van der Waals surface area (Å²) in [5.74, 6) is -0.473. The minimum atomic E-state index is -3.56. The van der Waals surface area contributed by atoms with Crippen LogP contribution in [-0.2, 0) is 10.0 Å². The maximum atomic E-state index is 13.1. The zero-order valence-corrected chi connectivity index (χ0v) is 12.3. The monoisotopic (exact) mass is 336 g/mol. The SMILES string of the molecule is CN(C1CCNC1)S(=O)(=O)c1ccc(F)c(Br)c1. The van der Waals surface area contributed by atoms with E-state index < -0.39 is 15.8 Å². The highest BCUT2D eigenvalue weighted by Gasteiger charge is 2.30. The fourth-order valence-electron chi connectivity index (χ4n) is 1.95. The van der Waals surface area contributed by atoms with E-state index in [0.29, 0.717) is 6.54 Å². The zero-order valence-electron chi connectivity index (χ0n) is 9.86. The number of halogens is 2. The topological polar surface area (TPSA) is 49.4 Å². The third kappa shape index (κ3) is 2.59. The minimum absolute atomic E-state index is 0.0428. The van der Waals surface area contributed by atoms with Gasteiger partial charge in [0.1, 0.15) is 5.82 Å². The predicted octanol–water partition coefficient (Wildman–Crippen LogP) is 1.57. The Morgan fingerprint density at radius 1 is 1.50 bits per heavy atom. The third-order valence-corrected chi connectivity index (χ3v) is 5.63. The summed E-state index contributed by atoms with van der Waals surface area (Å²) in [5, 5.41) is 3.12. The lowest BCUT2D eigenvalue weighted by molar-refractivity contribution is 0.387. The van der Waals surface area contributed by atoms with Gasteiger partial charge in [-0.25, -0.2) is 12.8 Å². The van der Waals surface area contributed by atoms with Crippen molar-refractivity contribution in [2.24, 2.45) is 0 Å². The molecule has 0 amide bonds. The number of nitrogens with one attached hydrogen (secondary N) is 1. The van der Waals surface area contributed by atoms with Crippen molar-refractivity contribution < 1.29 is 12.8 Å². The highest BCUT2D eigenvalue weighted by molar-refractivity contribution is 9.10. The van der Waals surface area contributed by atoms with Gasteiger partial charge in [0.15, 0.2) is 0 Å². The van der Waals surface area contributed by atoms with Crippen LogP contribution in [0.25, 0.3) is 0 Å². The lowest BCUT2D eigenvalue weighted by atomic mass is 10.3. The first-order valence-electron chi connectivity index (χ1n) is 5.57. The minimum Gasteiger partial charge on any atom is -0.315 e. The van der Waals surface area contributed by atoms with E-state index in [1.165, 1.54) is 16.4 Å². The Morgan fingerprint density at radius 2 is 2.22 bits per heavy atom. The van der Waals surface area contributed by atoms with Crippen molar-refractivity contribution in [1.82, 2.24) is 9.62 Å². The normalized spacial score (nSPS) is 20.6. The Bertz CT molecular complexity index is 544. The molecule has 1 aliphatic rings. The highest BCUT2D eigenvalue weighted by atomic mass is 79.9. The Balaban J connectivity index is 2.32. The summed E-state index contributed by atoms with van der Waals surface area (Å²) in [7, 11) is -2.01. The lowest BCUT2D eigenvalue weighted by Gasteiger charge is -2.23. The quantitative estimate of drug-likeness (QED) is 0.911. The van der Waals surface area contributed by atoms with Crippen LogP contribution in [0.15, 0.2) is 27.6 Å². The van der Waals surface area contributed by atoms with Gasteiger partial charge in [-0.05, 0) is 47.1 Å². The summed E-state index contributed by atoms with van der Waals surface area (Å²) in [5.41, 5.74) is 0. The Morgan fingerprint density at radius 3 is 2.78 bits per heavy atom. The van der Waals surface area contributed by atoms with E-state index >= 15 is 0 Å². The van der Waals surface area contributed by atoms with Crippen molar-refractivity contribution in [3.05, 3.63) is 28.5 Å². The van der Waals surface area contributed by atoms with E-state index in [9.17, 15) is 12.8 Å². The van der Waals surface area contributed by atoms with E-state index in [0.717, 1.165) is 19.0 Å². The molecule has 4 nitrogen and oxygen atoms in total. The fraction of sp³-hybridized carbons (Fsp3) is 0.455. The molecule has 0 spiro atoms. The predicted molar refractivity (Wildman–Crippen MR) is 70.3 cm³/mol. The molecule has 1 N–H and O–H groups in total. The van der Waals surface area contributed by atoms with Crippen LogP contribution in [0.3, 0.4) is 0 Å². The molecule has 1 aliphatic heterocycles. The van der Waals surface area contributed by atoms with Crippen LogP contribution in [0.2, 0.25) is 0 Å². The zero-order chi connectivity index (χ0) is 13.3. The van der Waals surface area contributed by atoms with Crippen molar-refractivity contribution in [3.63, 3.8) is 0 Å². The Labute approximate surface area is 114 Å². The second-order valence-electron chi connectivity index (χ2n) is 4.24. The first-order chi connectivity index (χ1) is 8.43. The van der Waals surface area contributed by atoms with Crippen LogP contribution >= 0.6 is 15.9 Å². The summed E-state index contributed by atoms with van der Waals surface area (Å²) in [6, 6.07) is 3.69. The van der Waals surface area contributed by atoms with Crippen molar-refractivity contribution in [1.29, 1.82) is 0 Å². The van der Waals surface area contributed by atoms with Crippen LogP contribution in [-0.4, -0.2) is 38.9 Å². The van der Waals surface area contributed by atoms with E-state index in [4.69, 9.17) is 0 Å². The molecular weight excluding hydrogens is 323 g/mol. The van der Waals surface area contributed by atoms with Gasteiger partial charge < -0.3 is 5.32 Å². The largest absolute Gasteiger partial charge is 0.315 e. The lowest BCUT2D eigenvalue weighted by Crippen LogP contribution is -2.38. The summed E-state index contributed by atoms with van der Waals surface area (Å²) in [6.07, 6.45) is 0.790. The Kier molecular flexibility index (Phi) is 4.05. The molecule has 1 unspecified atom stereocenters. The number of rotatable bonds is 3. The molecule has 0 aromatic heterocycles. The highest BCUT2D eigenvalue weighted by Crippen LogP contribution is 2.24. The molecule has 1 aromatic rings. The molecule has 1 aromatic carbocycles. The van der Waals surface area contributed by atoms with E-state index in [1.54, 1.807) is 7.05 Å². The first kappa shape index (κ1) is 13.9. The van der Waals surface area contributed by atoms with Gasteiger partial charge in [0.2, 0.25) is 10.0 Å². The number of hydrogen-bond donors (Lipinski definition) is 1. The van der Waals surface area contributed by atoms with Gasteiger partial charge >= 0.3 is 0 Å². The molecule has 2 rings (SSSR count). The summed E-state index contributed by atoms with van der Waals surface area (Å²) in [6.45, 7) is 1.47. The van der Waals surface area contributed by atoms with Crippen LogP contribution in [0.4, 0.5) is 4.39 Å². The molecule has 0 bridgehead atoms. The maximum absolute atomic E-state index is 13.1. The molecule has 0 saturated carbocycles. The number of hydrogen-bond acceptors (Lipinski definition) is 3. The van der Waals surface area contributed by atoms with Crippen molar-refractivity contribution in [3.8, 4) is 0 Å². The van der Waals surface area contributed by atoms with Crippen molar-refractivity contribution in [2.75, 3.05) is 20.1 Å². The average molecular weight is 337 g/mol. The second-order valence-corrected chi connectivity index (χ2v) is 7.10. The molecule has 1 saturated heterocycles. The van der Waals surface area contributed by atoms with E-state index in [1.807, 2.05) is 0 Å². The first-order valence-corrected chi connectivity index (χ1v) is 7.80. The molecule has 1 atom stereocenters. The smallest absolute Gasteiger partial charge is 0.243 e. The summed E-state index contributed by atoms with van der Waals surface area (Å²) < 4.78 is 39.3. The Hall–Kier alpha value is -0.500. The molecule has 1 fully saturated rings. The van der Waals surface area contributed by atoms with Crippen LogP contribution < -0.4 is 5.32 Å². The number of benzene rings is 1. The standard InChI is InChI=1S/C11H14BrFN2O2S/c1-15(8-4-5-14-7-8)18(16,17)9-2-3-11(13)10(12)6-9/h2-3,6,8,14H,4-5,7H2,1H3. The van der Waals surface area contributed by atoms with Gasteiger partial charge in [-0.2, -0.15) is 4.31 Å². The van der Waals surface area contributed by atoms with E-state index in [2.05, 4.69) is 21.2 Å². The molecular formula is C11H14BrFN2O2S. The average Bonchev–Trinajstić information content (AvgIpc) is 2.85. The fourth-order valence-corrected chi connectivity index (χ4v) is 3.89. The van der Waals surface area contributed by atoms with Crippen molar-refractivity contribution in [2.45, 2.75) is 17.4 Å². The van der Waals surface area contributed by atoms with Gasteiger partial charge in [-0.1, -0.05) is 0 Å². The molecule has 18 heavy (non-hydrogen) atoms. The number of likely N-dealkylation sites (N-methyl/N-ethyl adjacent to an activating group) is 1. The van der Waals surface area contributed by atoms with Gasteiger partial charge in [0, 0.05) is 19.6 Å². The molecule has 0 radical (unpaired) electrons.